The summed E-state index contributed by atoms with van der Waals surface area (Å²) in [6.07, 6.45) is 1.80. The smallest absolute Gasteiger partial charge is 0.264 e. The SMILES string of the molecule is CCOc1ccc(N=C2NC(=O)/C(=C\c3cc(Br)c(OC)c(OCC)c3)S2)cc1. The molecule has 1 fully saturated rings. The number of amides is 1. The number of nitrogens with one attached hydrogen (secondary N) is 1. The summed E-state index contributed by atoms with van der Waals surface area (Å²) in [5.41, 5.74) is 1.56. The molecule has 0 aliphatic carbocycles. The van der Waals surface area contributed by atoms with Crippen LogP contribution in [0.15, 0.2) is 50.8 Å². The summed E-state index contributed by atoms with van der Waals surface area (Å²) in [4.78, 5) is 17.4. The van der Waals surface area contributed by atoms with Gasteiger partial charge in [-0.25, -0.2) is 4.99 Å². The number of hydrogen-bond donors (Lipinski definition) is 1. The number of thioether (sulfide) groups is 1. The largest absolute Gasteiger partial charge is 0.494 e. The normalized spacial score (nSPS) is 16.2. The lowest BCUT2D eigenvalue weighted by Gasteiger charge is -2.12. The Morgan fingerprint density at radius 1 is 1.14 bits per heavy atom. The van der Waals surface area contributed by atoms with Crippen LogP contribution in [0.3, 0.4) is 0 Å². The second-order valence-electron chi connectivity index (χ2n) is 5.88. The summed E-state index contributed by atoms with van der Waals surface area (Å²) in [6.45, 7) is 4.96. The number of carbonyl (C=O) groups is 1. The number of aliphatic imine (C=N–C) groups is 1. The van der Waals surface area contributed by atoms with Crippen LogP contribution in [-0.2, 0) is 4.79 Å². The summed E-state index contributed by atoms with van der Waals surface area (Å²) in [5, 5.41) is 3.33. The van der Waals surface area contributed by atoms with Gasteiger partial charge < -0.3 is 19.5 Å². The molecule has 29 heavy (non-hydrogen) atoms. The number of carbonyl (C=O) groups excluding carboxylic acids is 1. The number of rotatable bonds is 7. The molecule has 0 unspecified atom stereocenters. The number of ether oxygens (including phenoxy) is 3. The first kappa shape index (κ1) is 21.3. The molecule has 0 atom stereocenters. The monoisotopic (exact) mass is 476 g/mol. The average Bonchev–Trinajstić information content (AvgIpc) is 3.02. The Morgan fingerprint density at radius 2 is 1.86 bits per heavy atom. The van der Waals surface area contributed by atoms with Gasteiger partial charge in [0.1, 0.15) is 5.75 Å². The maximum Gasteiger partial charge on any atom is 0.264 e. The highest BCUT2D eigenvalue weighted by Crippen LogP contribution is 2.38. The van der Waals surface area contributed by atoms with E-state index >= 15 is 0 Å². The fourth-order valence-electron chi connectivity index (χ4n) is 2.67. The average molecular weight is 477 g/mol. The second kappa shape index (κ2) is 9.84. The quantitative estimate of drug-likeness (QED) is 0.559. The molecule has 2 aromatic rings. The third-order valence-corrected chi connectivity index (χ3v) is 5.36. The van der Waals surface area contributed by atoms with Crippen molar-refractivity contribution in [2.24, 2.45) is 4.99 Å². The van der Waals surface area contributed by atoms with Crippen molar-refractivity contribution in [2.45, 2.75) is 13.8 Å². The molecule has 1 amide bonds. The standard InChI is InChI=1S/C21H21BrN2O4S/c1-4-27-15-8-6-14(7-9-15)23-21-24-20(25)18(29-21)12-13-10-16(22)19(26-3)17(11-13)28-5-2/h6-12H,4-5H2,1-3H3,(H,23,24,25)/b18-12+. The van der Waals surface area contributed by atoms with E-state index in [0.717, 1.165) is 21.5 Å². The fraction of sp³-hybridized carbons (Fsp3) is 0.238. The number of nitrogens with zero attached hydrogens (tertiary/aromatic N) is 1. The first-order valence-electron chi connectivity index (χ1n) is 9.06. The van der Waals surface area contributed by atoms with Gasteiger partial charge in [0.15, 0.2) is 16.7 Å². The third-order valence-electron chi connectivity index (χ3n) is 3.86. The molecule has 8 heteroatoms. The highest BCUT2D eigenvalue weighted by molar-refractivity contribution is 9.10. The zero-order valence-electron chi connectivity index (χ0n) is 16.3. The number of methoxy groups -OCH3 is 1. The summed E-state index contributed by atoms with van der Waals surface area (Å²) < 4.78 is 17.2. The molecule has 1 N–H and O–H groups in total. The van der Waals surface area contributed by atoms with E-state index in [4.69, 9.17) is 14.2 Å². The Bertz CT molecular complexity index is 958. The highest BCUT2D eigenvalue weighted by atomic mass is 79.9. The van der Waals surface area contributed by atoms with Crippen molar-refractivity contribution in [3.05, 3.63) is 51.3 Å². The van der Waals surface area contributed by atoms with E-state index in [9.17, 15) is 4.79 Å². The molecule has 1 aliphatic heterocycles. The topological polar surface area (TPSA) is 69.2 Å². The summed E-state index contributed by atoms with van der Waals surface area (Å²) in [6, 6.07) is 11.1. The molecule has 0 saturated carbocycles. The van der Waals surface area contributed by atoms with Gasteiger partial charge in [0.25, 0.3) is 5.91 Å². The van der Waals surface area contributed by atoms with E-state index in [0.29, 0.717) is 34.8 Å². The van der Waals surface area contributed by atoms with Crippen LogP contribution in [0.25, 0.3) is 6.08 Å². The van der Waals surface area contributed by atoms with Crippen molar-refractivity contribution in [3.8, 4) is 17.2 Å². The Kier molecular flexibility index (Phi) is 7.22. The van der Waals surface area contributed by atoms with Crippen LogP contribution in [0.1, 0.15) is 19.4 Å². The van der Waals surface area contributed by atoms with Crippen molar-refractivity contribution >= 4 is 50.5 Å². The second-order valence-corrected chi connectivity index (χ2v) is 7.76. The van der Waals surface area contributed by atoms with Crippen molar-refractivity contribution in [3.63, 3.8) is 0 Å². The van der Waals surface area contributed by atoms with Crippen molar-refractivity contribution in [1.82, 2.24) is 5.32 Å². The first-order chi connectivity index (χ1) is 14.0. The van der Waals surface area contributed by atoms with Crippen LogP contribution in [0, 0.1) is 0 Å². The Balaban J connectivity index is 1.82. The Labute approximate surface area is 182 Å². The predicted octanol–water partition coefficient (Wildman–Crippen LogP) is 5.15. The zero-order valence-corrected chi connectivity index (χ0v) is 18.7. The molecule has 1 heterocycles. The molecule has 6 nitrogen and oxygen atoms in total. The van der Waals surface area contributed by atoms with Crippen LogP contribution in [0.4, 0.5) is 5.69 Å². The molecule has 152 valence electrons. The lowest BCUT2D eigenvalue weighted by Crippen LogP contribution is -2.19. The molecule has 1 saturated heterocycles. The summed E-state index contributed by atoms with van der Waals surface area (Å²) in [5.74, 6) is 1.83. The lowest BCUT2D eigenvalue weighted by atomic mass is 10.2. The van der Waals surface area contributed by atoms with Gasteiger partial charge in [-0.15, -0.1) is 0 Å². The minimum absolute atomic E-state index is 0.190. The minimum Gasteiger partial charge on any atom is -0.494 e. The molecule has 0 bridgehead atoms. The summed E-state index contributed by atoms with van der Waals surface area (Å²) in [7, 11) is 1.59. The van der Waals surface area contributed by atoms with Gasteiger partial charge in [0, 0.05) is 0 Å². The third kappa shape index (κ3) is 5.33. The highest BCUT2D eigenvalue weighted by Gasteiger charge is 2.24. The minimum atomic E-state index is -0.190. The van der Waals surface area contributed by atoms with Crippen molar-refractivity contribution in [2.75, 3.05) is 20.3 Å². The van der Waals surface area contributed by atoms with Gasteiger partial charge in [0.2, 0.25) is 0 Å². The van der Waals surface area contributed by atoms with E-state index in [1.165, 1.54) is 11.8 Å². The molecular formula is C21H21BrN2O4S. The number of hydrogen-bond acceptors (Lipinski definition) is 6. The molecule has 0 radical (unpaired) electrons. The lowest BCUT2D eigenvalue weighted by molar-refractivity contribution is -0.115. The van der Waals surface area contributed by atoms with Crippen molar-refractivity contribution in [1.29, 1.82) is 0 Å². The number of benzene rings is 2. The number of halogens is 1. The number of amidine groups is 1. The van der Waals surface area contributed by atoms with Crippen LogP contribution in [-0.4, -0.2) is 31.4 Å². The zero-order chi connectivity index (χ0) is 20.8. The predicted molar refractivity (Wildman–Crippen MR) is 120 cm³/mol. The van der Waals surface area contributed by atoms with Gasteiger partial charge in [-0.1, -0.05) is 0 Å². The van der Waals surface area contributed by atoms with E-state index in [1.54, 1.807) is 13.2 Å². The molecule has 0 spiro atoms. The Morgan fingerprint density at radius 3 is 2.52 bits per heavy atom. The molecule has 1 aliphatic rings. The fourth-order valence-corrected chi connectivity index (χ4v) is 4.13. The summed E-state index contributed by atoms with van der Waals surface area (Å²) >= 11 is 4.78. The molecule has 3 rings (SSSR count). The maximum atomic E-state index is 12.4. The molecule has 2 aromatic carbocycles. The van der Waals surface area contributed by atoms with E-state index in [-0.39, 0.29) is 5.91 Å². The maximum absolute atomic E-state index is 12.4. The van der Waals surface area contributed by atoms with E-state index in [2.05, 4.69) is 26.2 Å². The van der Waals surface area contributed by atoms with E-state index < -0.39 is 0 Å². The Hall–Kier alpha value is -2.45. The van der Waals surface area contributed by atoms with Crippen LogP contribution < -0.4 is 19.5 Å². The van der Waals surface area contributed by atoms with Crippen LogP contribution >= 0.6 is 27.7 Å². The van der Waals surface area contributed by atoms with Gasteiger partial charge in [0.05, 0.1) is 35.4 Å². The molecular weight excluding hydrogens is 456 g/mol. The van der Waals surface area contributed by atoms with E-state index in [1.807, 2.05) is 50.2 Å². The molecule has 0 aromatic heterocycles. The van der Waals surface area contributed by atoms with Gasteiger partial charge in [-0.3, -0.25) is 4.79 Å². The van der Waals surface area contributed by atoms with Gasteiger partial charge in [-0.05, 0) is 89.6 Å². The van der Waals surface area contributed by atoms with Gasteiger partial charge in [-0.2, -0.15) is 0 Å². The van der Waals surface area contributed by atoms with Crippen LogP contribution in [0.5, 0.6) is 17.2 Å². The van der Waals surface area contributed by atoms with Crippen molar-refractivity contribution < 1.29 is 19.0 Å². The van der Waals surface area contributed by atoms with Crippen LogP contribution in [0.2, 0.25) is 0 Å². The van der Waals surface area contributed by atoms with Gasteiger partial charge >= 0.3 is 0 Å². The first-order valence-corrected chi connectivity index (χ1v) is 10.7.